The topological polar surface area (TPSA) is 59.1 Å². The third-order valence-electron chi connectivity index (χ3n) is 0.919. The molecule has 59 valence electrons. The van der Waals surface area contributed by atoms with Gasteiger partial charge in [0.05, 0.1) is 24.3 Å². The first-order chi connectivity index (χ1) is 5.08. The van der Waals surface area contributed by atoms with E-state index >= 15 is 0 Å². The lowest BCUT2D eigenvalue weighted by atomic mass is 10.4. The molecule has 0 amide bonds. The first-order valence-corrected chi connectivity index (χ1v) is 4.77. The minimum absolute atomic E-state index is 0.450. The Balaban J connectivity index is 2.82. The van der Waals surface area contributed by atoms with E-state index in [1.807, 2.05) is 0 Å². The molecule has 0 aliphatic rings. The van der Waals surface area contributed by atoms with E-state index < -0.39 is 10.0 Å². The molecule has 0 unspecified atom stereocenters. The maximum Gasteiger partial charge on any atom is 0.229 e. The molecule has 4 nitrogen and oxygen atoms in total. The van der Waals surface area contributed by atoms with Crippen molar-refractivity contribution in [2.75, 3.05) is 11.0 Å². The van der Waals surface area contributed by atoms with Crippen LogP contribution >= 0.6 is 0 Å². The smallest absolute Gasteiger partial charge is 0.229 e. The summed E-state index contributed by atoms with van der Waals surface area (Å²) in [6, 6.07) is 3.11. The highest BCUT2D eigenvalue weighted by molar-refractivity contribution is 7.92. The van der Waals surface area contributed by atoms with Crippen molar-refractivity contribution in [1.82, 2.24) is 4.98 Å². The molecule has 1 heterocycles. The third-order valence-corrected chi connectivity index (χ3v) is 1.53. The number of aromatic nitrogens is 1. The van der Waals surface area contributed by atoms with Gasteiger partial charge in [-0.2, -0.15) is 0 Å². The fourth-order valence-corrected chi connectivity index (χ4v) is 1.14. The molecular formula is C6H7N2O2S. The number of sulfonamides is 1. The van der Waals surface area contributed by atoms with Crippen molar-refractivity contribution >= 4 is 15.7 Å². The van der Waals surface area contributed by atoms with Gasteiger partial charge in [-0.25, -0.2) is 8.42 Å². The van der Waals surface area contributed by atoms with Crippen molar-refractivity contribution in [3.8, 4) is 0 Å². The lowest BCUT2D eigenvalue weighted by Gasteiger charge is -2.00. The normalized spacial score (nSPS) is 11.0. The first kappa shape index (κ1) is 8.00. The molecule has 1 radical (unpaired) electrons. The first-order valence-electron chi connectivity index (χ1n) is 2.88. The largest absolute Gasteiger partial charge is 0.282 e. The van der Waals surface area contributed by atoms with Crippen LogP contribution in [0.25, 0.3) is 0 Å². The van der Waals surface area contributed by atoms with Gasteiger partial charge < -0.3 is 0 Å². The molecule has 1 rings (SSSR count). The fourth-order valence-electron chi connectivity index (χ4n) is 0.594. The Morgan fingerprint density at radius 3 is 2.82 bits per heavy atom. The quantitative estimate of drug-likeness (QED) is 0.694. The highest BCUT2D eigenvalue weighted by Crippen LogP contribution is 2.03. The van der Waals surface area contributed by atoms with E-state index in [0.29, 0.717) is 5.69 Å². The van der Waals surface area contributed by atoms with Gasteiger partial charge in [0.25, 0.3) is 0 Å². The summed E-state index contributed by atoms with van der Waals surface area (Å²) in [4.78, 5) is 3.62. The Bertz CT molecular complexity index is 320. The molecule has 0 aliphatic carbocycles. The van der Waals surface area contributed by atoms with Gasteiger partial charge in [-0.3, -0.25) is 9.71 Å². The van der Waals surface area contributed by atoms with Crippen LogP contribution in [0.15, 0.2) is 18.3 Å². The van der Waals surface area contributed by atoms with Crippen LogP contribution < -0.4 is 4.72 Å². The summed E-state index contributed by atoms with van der Waals surface area (Å²) in [5, 5.41) is 0. The number of hydrogen-bond donors (Lipinski definition) is 1. The number of nitrogens with zero attached hydrogens (tertiary/aromatic N) is 1. The molecule has 1 N–H and O–H groups in total. The maximum atomic E-state index is 10.7. The van der Waals surface area contributed by atoms with Crippen LogP contribution in [0.1, 0.15) is 0 Å². The van der Waals surface area contributed by atoms with E-state index in [2.05, 4.69) is 15.9 Å². The van der Waals surface area contributed by atoms with Gasteiger partial charge in [0.15, 0.2) is 0 Å². The second-order valence-corrected chi connectivity index (χ2v) is 3.80. The van der Waals surface area contributed by atoms with Crippen LogP contribution in [0.4, 0.5) is 5.69 Å². The number of pyridine rings is 1. The lowest BCUT2D eigenvalue weighted by Crippen LogP contribution is -2.09. The van der Waals surface area contributed by atoms with Crippen molar-refractivity contribution < 1.29 is 8.42 Å². The van der Waals surface area contributed by atoms with Crippen LogP contribution in [0.5, 0.6) is 0 Å². The zero-order valence-corrected chi connectivity index (χ0v) is 6.72. The van der Waals surface area contributed by atoms with E-state index in [9.17, 15) is 8.42 Å². The Labute approximate surface area is 65.3 Å². The molecule has 0 saturated carbocycles. The minimum atomic E-state index is -3.18. The summed E-state index contributed by atoms with van der Waals surface area (Å²) < 4.78 is 23.6. The molecule has 0 bridgehead atoms. The maximum absolute atomic E-state index is 10.7. The van der Waals surface area contributed by atoms with Crippen molar-refractivity contribution in [2.45, 2.75) is 0 Å². The Hall–Kier alpha value is -1.10. The summed E-state index contributed by atoms with van der Waals surface area (Å²) >= 11 is 0. The molecule has 5 heteroatoms. The van der Waals surface area contributed by atoms with Gasteiger partial charge in [-0.05, 0) is 12.1 Å². The third kappa shape index (κ3) is 2.99. The van der Waals surface area contributed by atoms with E-state index in [0.717, 1.165) is 6.26 Å². The van der Waals surface area contributed by atoms with Crippen molar-refractivity contribution in [3.63, 3.8) is 0 Å². The van der Waals surface area contributed by atoms with Crippen LogP contribution in [-0.2, 0) is 10.0 Å². The number of nitrogens with one attached hydrogen (secondary N) is 1. The number of hydrogen-bond acceptors (Lipinski definition) is 3. The second kappa shape index (κ2) is 2.87. The van der Waals surface area contributed by atoms with Crippen LogP contribution in [0.2, 0.25) is 0 Å². The molecule has 1 aromatic rings. The summed E-state index contributed by atoms with van der Waals surface area (Å²) in [7, 11) is -3.18. The lowest BCUT2D eigenvalue weighted by molar-refractivity contribution is 0.607. The predicted molar refractivity (Wildman–Crippen MR) is 41.5 cm³/mol. The van der Waals surface area contributed by atoms with E-state index in [1.165, 1.54) is 12.3 Å². The highest BCUT2D eigenvalue weighted by atomic mass is 32.2. The molecular weight excluding hydrogens is 164 g/mol. The SMILES string of the molecule is CS(=O)(=O)Nc1cc[c]nc1. The molecule has 11 heavy (non-hydrogen) atoms. The van der Waals surface area contributed by atoms with E-state index in [1.54, 1.807) is 6.07 Å². The van der Waals surface area contributed by atoms with Gasteiger partial charge in [0, 0.05) is 0 Å². The van der Waals surface area contributed by atoms with Crippen molar-refractivity contribution in [2.24, 2.45) is 0 Å². The standard InChI is InChI=1S/C6H7N2O2S/c1-11(9,10)8-6-3-2-4-7-5-6/h2-3,5,8H,1H3. The van der Waals surface area contributed by atoms with Crippen LogP contribution in [0, 0.1) is 6.20 Å². The molecule has 0 fully saturated rings. The molecule has 0 atom stereocenters. The van der Waals surface area contributed by atoms with Gasteiger partial charge in [-0.1, -0.05) is 0 Å². The van der Waals surface area contributed by atoms with E-state index in [4.69, 9.17) is 0 Å². The second-order valence-electron chi connectivity index (χ2n) is 2.05. The number of rotatable bonds is 2. The zero-order valence-electron chi connectivity index (χ0n) is 5.90. The Kier molecular flexibility index (Phi) is 2.09. The van der Waals surface area contributed by atoms with Gasteiger partial charge in [0.2, 0.25) is 10.0 Å². The van der Waals surface area contributed by atoms with Gasteiger partial charge >= 0.3 is 0 Å². The van der Waals surface area contributed by atoms with Crippen LogP contribution in [-0.4, -0.2) is 19.7 Å². The molecule has 1 aromatic heterocycles. The highest BCUT2D eigenvalue weighted by Gasteiger charge is 1.99. The molecule has 0 saturated heterocycles. The number of anilines is 1. The molecule has 0 spiro atoms. The average Bonchev–Trinajstić information content (AvgIpc) is 1.85. The average molecular weight is 171 g/mol. The Morgan fingerprint density at radius 2 is 2.36 bits per heavy atom. The van der Waals surface area contributed by atoms with E-state index in [-0.39, 0.29) is 0 Å². The fraction of sp³-hybridized carbons (Fsp3) is 0.167. The van der Waals surface area contributed by atoms with Crippen molar-refractivity contribution in [3.05, 3.63) is 24.5 Å². The van der Waals surface area contributed by atoms with Crippen LogP contribution in [0.3, 0.4) is 0 Å². The summed E-state index contributed by atoms with van der Waals surface area (Å²) in [6.45, 7) is 0. The molecule has 0 aliphatic heterocycles. The van der Waals surface area contributed by atoms with Gasteiger partial charge in [-0.15, -0.1) is 0 Å². The summed E-state index contributed by atoms with van der Waals surface area (Å²) in [6.07, 6.45) is 5.01. The minimum Gasteiger partial charge on any atom is -0.282 e. The summed E-state index contributed by atoms with van der Waals surface area (Å²) in [5.41, 5.74) is 0.450. The van der Waals surface area contributed by atoms with Crippen molar-refractivity contribution in [1.29, 1.82) is 0 Å². The molecule has 0 aromatic carbocycles. The predicted octanol–water partition coefficient (Wildman–Crippen LogP) is 0.253. The van der Waals surface area contributed by atoms with Gasteiger partial charge in [0.1, 0.15) is 0 Å². The summed E-state index contributed by atoms with van der Waals surface area (Å²) in [5.74, 6) is 0. The monoisotopic (exact) mass is 171 g/mol. The Morgan fingerprint density at radius 1 is 1.64 bits per heavy atom. The zero-order chi connectivity index (χ0) is 8.32.